The lowest BCUT2D eigenvalue weighted by molar-refractivity contribution is 0.320. The zero-order valence-corrected chi connectivity index (χ0v) is 10.1. The van der Waals surface area contributed by atoms with Crippen molar-refractivity contribution in [2.75, 3.05) is 20.2 Å². The van der Waals surface area contributed by atoms with Crippen LogP contribution in [0, 0.1) is 11.8 Å². The standard InChI is InChI=1S/C14H18N2O/c1-17-14-5-3-11(9-16-14)13-4-2-10-6-12(13)8-15-7-10/h3-5,9-10,12,15H,2,6-8H2,1H3. The highest BCUT2D eigenvalue weighted by molar-refractivity contribution is 5.68. The smallest absolute Gasteiger partial charge is 0.212 e. The lowest BCUT2D eigenvalue weighted by atomic mass is 9.76. The van der Waals surface area contributed by atoms with Crippen LogP contribution in [0.1, 0.15) is 18.4 Å². The maximum Gasteiger partial charge on any atom is 0.212 e. The van der Waals surface area contributed by atoms with Gasteiger partial charge in [0.15, 0.2) is 0 Å². The number of piperidine rings is 1. The number of hydrogen-bond acceptors (Lipinski definition) is 3. The number of allylic oxidation sites excluding steroid dienone is 1. The van der Waals surface area contributed by atoms with Gasteiger partial charge in [-0.3, -0.25) is 0 Å². The molecule has 0 radical (unpaired) electrons. The van der Waals surface area contributed by atoms with Gasteiger partial charge in [-0.15, -0.1) is 0 Å². The van der Waals surface area contributed by atoms with Gasteiger partial charge in [-0.05, 0) is 48.4 Å². The van der Waals surface area contributed by atoms with Crippen molar-refractivity contribution in [1.82, 2.24) is 10.3 Å². The fourth-order valence-electron chi connectivity index (χ4n) is 2.93. The second kappa shape index (κ2) is 4.49. The van der Waals surface area contributed by atoms with E-state index in [2.05, 4.69) is 22.4 Å². The molecule has 0 saturated carbocycles. The van der Waals surface area contributed by atoms with Crippen LogP contribution in [-0.2, 0) is 0 Å². The summed E-state index contributed by atoms with van der Waals surface area (Å²) in [5.74, 6) is 2.19. The van der Waals surface area contributed by atoms with Crippen LogP contribution in [0.5, 0.6) is 5.88 Å². The number of pyridine rings is 1. The van der Waals surface area contributed by atoms with Gasteiger partial charge in [-0.2, -0.15) is 0 Å². The SMILES string of the molecule is COc1ccc(C2=CCC3CNCC2C3)cn1. The molecule has 2 unspecified atom stereocenters. The molecule has 1 aliphatic carbocycles. The van der Waals surface area contributed by atoms with Crippen LogP contribution in [0.25, 0.3) is 5.57 Å². The Labute approximate surface area is 102 Å². The van der Waals surface area contributed by atoms with Gasteiger partial charge in [0.1, 0.15) is 0 Å². The second-order valence-electron chi connectivity index (χ2n) is 4.94. The molecule has 1 saturated heterocycles. The van der Waals surface area contributed by atoms with Gasteiger partial charge in [0, 0.05) is 18.8 Å². The Morgan fingerprint density at radius 1 is 1.35 bits per heavy atom. The van der Waals surface area contributed by atoms with E-state index >= 15 is 0 Å². The number of aromatic nitrogens is 1. The van der Waals surface area contributed by atoms with E-state index < -0.39 is 0 Å². The van der Waals surface area contributed by atoms with Crippen molar-refractivity contribution in [3.8, 4) is 5.88 Å². The van der Waals surface area contributed by atoms with Gasteiger partial charge in [-0.1, -0.05) is 6.08 Å². The van der Waals surface area contributed by atoms with Gasteiger partial charge in [0.05, 0.1) is 7.11 Å². The molecule has 2 atom stereocenters. The normalized spacial score (nSPS) is 27.5. The zero-order chi connectivity index (χ0) is 11.7. The maximum atomic E-state index is 5.09. The Kier molecular flexibility index (Phi) is 2.85. The summed E-state index contributed by atoms with van der Waals surface area (Å²) < 4.78 is 5.09. The molecule has 1 N–H and O–H groups in total. The number of ether oxygens (including phenoxy) is 1. The first-order chi connectivity index (χ1) is 8.36. The summed E-state index contributed by atoms with van der Waals surface area (Å²) >= 11 is 0. The molecule has 0 aromatic carbocycles. The van der Waals surface area contributed by atoms with Crippen molar-refractivity contribution >= 4 is 5.57 Å². The van der Waals surface area contributed by atoms with Crippen LogP contribution in [0.3, 0.4) is 0 Å². The van der Waals surface area contributed by atoms with Crippen LogP contribution < -0.4 is 10.1 Å². The van der Waals surface area contributed by atoms with Crippen molar-refractivity contribution in [2.24, 2.45) is 11.8 Å². The quantitative estimate of drug-likeness (QED) is 0.845. The number of nitrogens with one attached hydrogen (secondary N) is 1. The van der Waals surface area contributed by atoms with E-state index in [4.69, 9.17) is 4.74 Å². The highest BCUT2D eigenvalue weighted by Gasteiger charge is 2.28. The summed E-state index contributed by atoms with van der Waals surface area (Å²) in [5.41, 5.74) is 2.71. The molecule has 0 spiro atoms. The van der Waals surface area contributed by atoms with Crippen LogP contribution in [-0.4, -0.2) is 25.2 Å². The van der Waals surface area contributed by atoms with E-state index in [1.165, 1.54) is 30.5 Å². The van der Waals surface area contributed by atoms with Gasteiger partial charge < -0.3 is 10.1 Å². The van der Waals surface area contributed by atoms with Gasteiger partial charge in [-0.25, -0.2) is 4.98 Å². The molecule has 3 nitrogen and oxygen atoms in total. The molecular formula is C14H18N2O. The Morgan fingerprint density at radius 3 is 3.06 bits per heavy atom. The van der Waals surface area contributed by atoms with E-state index in [1.807, 2.05) is 12.3 Å². The van der Waals surface area contributed by atoms with Crippen LogP contribution in [0.2, 0.25) is 0 Å². The van der Waals surface area contributed by atoms with Crippen molar-refractivity contribution in [3.63, 3.8) is 0 Å². The molecule has 17 heavy (non-hydrogen) atoms. The number of hydrogen-bond donors (Lipinski definition) is 1. The van der Waals surface area contributed by atoms with E-state index in [-0.39, 0.29) is 0 Å². The average molecular weight is 230 g/mol. The maximum absolute atomic E-state index is 5.09. The summed E-state index contributed by atoms with van der Waals surface area (Å²) in [5, 5.41) is 3.52. The summed E-state index contributed by atoms with van der Waals surface area (Å²) in [7, 11) is 1.65. The molecule has 3 heteroatoms. The molecule has 0 amide bonds. The van der Waals surface area contributed by atoms with Gasteiger partial charge in [0.2, 0.25) is 5.88 Å². The summed E-state index contributed by atoms with van der Waals surface area (Å²) in [6, 6.07) is 4.06. The first-order valence-electron chi connectivity index (χ1n) is 6.28. The molecule has 2 heterocycles. The third-order valence-corrected chi connectivity index (χ3v) is 3.83. The van der Waals surface area contributed by atoms with E-state index in [0.717, 1.165) is 12.5 Å². The van der Waals surface area contributed by atoms with Gasteiger partial charge in [0.25, 0.3) is 0 Å². The highest BCUT2D eigenvalue weighted by Crippen LogP contribution is 2.36. The molecule has 1 aromatic heterocycles. The Balaban J connectivity index is 1.87. The molecule has 1 fully saturated rings. The van der Waals surface area contributed by atoms with Crippen LogP contribution in [0.15, 0.2) is 24.4 Å². The number of fused-ring (bicyclic) bond motifs is 2. The fraction of sp³-hybridized carbons (Fsp3) is 0.500. The number of methoxy groups -OCH3 is 1. The van der Waals surface area contributed by atoms with Gasteiger partial charge >= 0.3 is 0 Å². The first kappa shape index (κ1) is 10.8. The largest absolute Gasteiger partial charge is 0.481 e. The first-order valence-corrected chi connectivity index (χ1v) is 6.28. The lowest BCUT2D eigenvalue weighted by Gasteiger charge is -2.35. The van der Waals surface area contributed by atoms with Crippen molar-refractivity contribution in [2.45, 2.75) is 12.8 Å². The molecular weight excluding hydrogens is 212 g/mol. The predicted octanol–water partition coefficient (Wildman–Crippen LogP) is 2.10. The zero-order valence-electron chi connectivity index (χ0n) is 10.1. The summed E-state index contributed by atoms with van der Waals surface area (Å²) in [4.78, 5) is 4.29. The minimum Gasteiger partial charge on any atom is -0.481 e. The Hall–Kier alpha value is -1.35. The van der Waals surface area contributed by atoms with Crippen molar-refractivity contribution < 1.29 is 4.74 Å². The molecule has 1 aliphatic heterocycles. The van der Waals surface area contributed by atoms with Crippen molar-refractivity contribution in [3.05, 3.63) is 30.0 Å². The molecule has 1 aromatic rings. The third-order valence-electron chi connectivity index (χ3n) is 3.83. The Morgan fingerprint density at radius 2 is 2.29 bits per heavy atom. The van der Waals surface area contributed by atoms with Crippen LogP contribution >= 0.6 is 0 Å². The monoisotopic (exact) mass is 230 g/mol. The van der Waals surface area contributed by atoms with E-state index in [1.54, 1.807) is 7.11 Å². The molecule has 3 rings (SSSR count). The summed E-state index contributed by atoms with van der Waals surface area (Å²) in [6.07, 6.45) is 6.86. The second-order valence-corrected chi connectivity index (χ2v) is 4.94. The van der Waals surface area contributed by atoms with E-state index in [0.29, 0.717) is 11.8 Å². The minimum atomic E-state index is 0.665. The molecule has 90 valence electrons. The van der Waals surface area contributed by atoms with Crippen LogP contribution in [0.4, 0.5) is 0 Å². The minimum absolute atomic E-state index is 0.665. The summed E-state index contributed by atoms with van der Waals surface area (Å²) in [6.45, 7) is 2.29. The highest BCUT2D eigenvalue weighted by atomic mass is 16.5. The fourth-order valence-corrected chi connectivity index (χ4v) is 2.93. The molecule has 2 aliphatic rings. The average Bonchev–Trinajstić information content (AvgIpc) is 2.40. The van der Waals surface area contributed by atoms with Crippen molar-refractivity contribution in [1.29, 1.82) is 0 Å². The van der Waals surface area contributed by atoms with E-state index in [9.17, 15) is 0 Å². The Bertz CT molecular complexity index is 424. The predicted molar refractivity (Wildman–Crippen MR) is 67.8 cm³/mol. The number of rotatable bonds is 2. The number of nitrogens with zero attached hydrogens (tertiary/aromatic N) is 1. The topological polar surface area (TPSA) is 34.1 Å². The molecule has 2 bridgehead atoms. The lowest BCUT2D eigenvalue weighted by Crippen LogP contribution is -2.38. The third kappa shape index (κ3) is 2.07.